The van der Waals surface area contributed by atoms with Gasteiger partial charge in [0.2, 0.25) is 0 Å². The lowest BCUT2D eigenvalue weighted by molar-refractivity contribution is -0.153. The average molecular weight is 407 g/mol. The summed E-state index contributed by atoms with van der Waals surface area (Å²) in [5, 5.41) is 3.29. The SMILES string of the molecule is Cc1ccc(C)c(NC(=O)C(C)OC(=O)CCn2cnc3c(C)cccc3c2=O)c1. The molecule has 0 spiro atoms. The molecule has 2 aromatic carbocycles. The van der Waals surface area contributed by atoms with E-state index in [1.165, 1.54) is 17.8 Å². The van der Waals surface area contributed by atoms with Gasteiger partial charge in [-0.05, 0) is 56.5 Å². The quantitative estimate of drug-likeness (QED) is 0.634. The lowest BCUT2D eigenvalue weighted by Gasteiger charge is -2.15. The molecule has 1 aromatic heterocycles. The second-order valence-electron chi connectivity index (χ2n) is 7.40. The highest BCUT2D eigenvalue weighted by atomic mass is 16.5. The summed E-state index contributed by atoms with van der Waals surface area (Å²) in [5.41, 5.74) is 3.98. The van der Waals surface area contributed by atoms with E-state index in [0.717, 1.165) is 16.7 Å². The third-order valence-electron chi connectivity index (χ3n) is 4.94. The van der Waals surface area contributed by atoms with Crippen LogP contribution in [0.4, 0.5) is 5.69 Å². The molecule has 0 aliphatic carbocycles. The first kappa shape index (κ1) is 21.2. The molecule has 7 nitrogen and oxygen atoms in total. The lowest BCUT2D eigenvalue weighted by Crippen LogP contribution is -2.31. The summed E-state index contributed by atoms with van der Waals surface area (Å²) in [5.74, 6) is -0.966. The summed E-state index contributed by atoms with van der Waals surface area (Å²) in [4.78, 5) is 41.5. The number of rotatable bonds is 6. The maximum absolute atomic E-state index is 12.6. The maximum Gasteiger partial charge on any atom is 0.308 e. The topological polar surface area (TPSA) is 90.3 Å². The molecule has 1 heterocycles. The maximum atomic E-state index is 12.6. The Morgan fingerprint density at radius 1 is 1.13 bits per heavy atom. The van der Waals surface area contributed by atoms with Gasteiger partial charge in [0.05, 0.1) is 23.7 Å². The minimum absolute atomic E-state index is 0.0417. The number of anilines is 1. The number of fused-ring (bicyclic) bond motifs is 1. The number of nitrogens with zero attached hydrogens (tertiary/aromatic N) is 2. The van der Waals surface area contributed by atoms with Crippen molar-refractivity contribution in [2.24, 2.45) is 0 Å². The number of para-hydroxylation sites is 1. The van der Waals surface area contributed by atoms with Gasteiger partial charge in [0, 0.05) is 12.2 Å². The highest BCUT2D eigenvalue weighted by Gasteiger charge is 2.19. The fourth-order valence-electron chi connectivity index (χ4n) is 3.12. The average Bonchev–Trinajstić information content (AvgIpc) is 2.70. The van der Waals surface area contributed by atoms with Crippen LogP contribution in [0, 0.1) is 20.8 Å². The molecule has 3 rings (SSSR count). The van der Waals surface area contributed by atoms with Gasteiger partial charge in [-0.2, -0.15) is 0 Å². The van der Waals surface area contributed by atoms with Crippen molar-refractivity contribution in [1.82, 2.24) is 9.55 Å². The Morgan fingerprint density at radius 2 is 1.90 bits per heavy atom. The molecule has 0 saturated heterocycles. The van der Waals surface area contributed by atoms with Crippen molar-refractivity contribution >= 4 is 28.5 Å². The molecule has 0 bridgehead atoms. The van der Waals surface area contributed by atoms with E-state index in [4.69, 9.17) is 4.74 Å². The van der Waals surface area contributed by atoms with Crippen LogP contribution < -0.4 is 10.9 Å². The van der Waals surface area contributed by atoms with Gasteiger partial charge < -0.3 is 10.1 Å². The Hall–Kier alpha value is -3.48. The molecule has 7 heteroatoms. The van der Waals surface area contributed by atoms with Gasteiger partial charge in [-0.1, -0.05) is 24.3 Å². The van der Waals surface area contributed by atoms with Crippen LogP contribution in [0.25, 0.3) is 10.9 Å². The zero-order chi connectivity index (χ0) is 21.8. The van der Waals surface area contributed by atoms with E-state index in [1.54, 1.807) is 12.1 Å². The van der Waals surface area contributed by atoms with E-state index in [1.807, 2.05) is 45.0 Å². The summed E-state index contributed by atoms with van der Waals surface area (Å²) in [6, 6.07) is 11.1. The molecule has 1 N–H and O–H groups in total. The largest absolute Gasteiger partial charge is 0.452 e. The predicted octanol–water partition coefficient (Wildman–Crippen LogP) is 3.28. The molecule has 0 radical (unpaired) electrons. The minimum Gasteiger partial charge on any atom is -0.452 e. The van der Waals surface area contributed by atoms with E-state index in [-0.39, 0.29) is 18.5 Å². The summed E-state index contributed by atoms with van der Waals surface area (Å²) in [6.07, 6.45) is 0.438. The van der Waals surface area contributed by atoms with Crippen molar-refractivity contribution in [3.63, 3.8) is 0 Å². The smallest absolute Gasteiger partial charge is 0.308 e. The number of hydrogen-bond donors (Lipinski definition) is 1. The monoisotopic (exact) mass is 407 g/mol. The van der Waals surface area contributed by atoms with Crippen LogP contribution >= 0.6 is 0 Å². The van der Waals surface area contributed by atoms with Gasteiger partial charge in [-0.3, -0.25) is 19.0 Å². The molecule has 156 valence electrons. The summed E-state index contributed by atoms with van der Waals surface area (Å²) < 4.78 is 6.61. The number of carbonyl (C=O) groups excluding carboxylic acids is 2. The lowest BCUT2D eigenvalue weighted by atomic mass is 10.1. The van der Waals surface area contributed by atoms with Crippen LogP contribution in [0.5, 0.6) is 0 Å². The van der Waals surface area contributed by atoms with Crippen LogP contribution in [0.2, 0.25) is 0 Å². The molecule has 0 saturated carbocycles. The van der Waals surface area contributed by atoms with Gasteiger partial charge in [-0.15, -0.1) is 0 Å². The number of aryl methyl sites for hydroxylation is 4. The minimum atomic E-state index is -0.952. The molecule has 0 aliphatic rings. The molecule has 1 unspecified atom stereocenters. The number of aromatic nitrogens is 2. The molecule has 30 heavy (non-hydrogen) atoms. The van der Waals surface area contributed by atoms with E-state index in [9.17, 15) is 14.4 Å². The zero-order valence-corrected chi connectivity index (χ0v) is 17.6. The Labute approximate surface area is 174 Å². The van der Waals surface area contributed by atoms with Crippen molar-refractivity contribution in [3.05, 3.63) is 69.8 Å². The Kier molecular flexibility index (Phi) is 6.30. The van der Waals surface area contributed by atoms with Crippen LogP contribution in [-0.2, 0) is 20.9 Å². The van der Waals surface area contributed by atoms with Crippen molar-refractivity contribution in [2.45, 2.75) is 46.8 Å². The number of carbonyl (C=O) groups is 2. The van der Waals surface area contributed by atoms with Crippen molar-refractivity contribution < 1.29 is 14.3 Å². The fourth-order valence-corrected chi connectivity index (χ4v) is 3.12. The van der Waals surface area contributed by atoms with Gasteiger partial charge in [0.25, 0.3) is 11.5 Å². The Morgan fingerprint density at radius 3 is 2.67 bits per heavy atom. The highest BCUT2D eigenvalue weighted by Crippen LogP contribution is 2.17. The third kappa shape index (κ3) is 4.74. The Balaban J connectivity index is 1.60. The molecule has 1 atom stereocenters. The van der Waals surface area contributed by atoms with E-state index in [0.29, 0.717) is 16.6 Å². The first-order chi connectivity index (χ1) is 14.3. The standard InChI is InChI=1S/C23H25N3O4/c1-14-8-9-15(2)19(12-14)25-22(28)17(4)30-20(27)10-11-26-13-24-21-16(3)6-5-7-18(21)23(26)29/h5-9,12-13,17H,10-11H2,1-4H3,(H,25,28). The number of ether oxygens (including phenoxy) is 1. The third-order valence-corrected chi connectivity index (χ3v) is 4.94. The van der Waals surface area contributed by atoms with E-state index in [2.05, 4.69) is 10.3 Å². The molecule has 3 aromatic rings. The first-order valence-electron chi connectivity index (χ1n) is 9.78. The van der Waals surface area contributed by atoms with Gasteiger partial charge in [0.15, 0.2) is 6.10 Å². The number of benzene rings is 2. The molecular formula is C23H25N3O4. The van der Waals surface area contributed by atoms with Gasteiger partial charge in [-0.25, -0.2) is 4.98 Å². The number of hydrogen-bond acceptors (Lipinski definition) is 5. The highest BCUT2D eigenvalue weighted by molar-refractivity contribution is 5.95. The zero-order valence-electron chi connectivity index (χ0n) is 17.6. The van der Waals surface area contributed by atoms with Crippen LogP contribution in [0.1, 0.15) is 30.0 Å². The molecule has 0 aliphatic heterocycles. The second-order valence-corrected chi connectivity index (χ2v) is 7.40. The van der Waals surface area contributed by atoms with Crippen LogP contribution in [0.15, 0.2) is 47.5 Å². The van der Waals surface area contributed by atoms with Crippen molar-refractivity contribution in [3.8, 4) is 0 Å². The second kappa shape index (κ2) is 8.90. The van der Waals surface area contributed by atoms with E-state index < -0.39 is 18.0 Å². The number of esters is 1. The van der Waals surface area contributed by atoms with Gasteiger partial charge >= 0.3 is 5.97 Å². The van der Waals surface area contributed by atoms with Crippen LogP contribution in [0.3, 0.4) is 0 Å². The Bertz CT molecular complexity index is 1170. The number of nitrogens with one attached hydrogen (secondary N) is 1. The van der Waals surface area contributed by atoms with Gasteiger partial charge in [0.1, 0.15) is 0 Å². The predicted molar refractivity (Wildman–Crippen MR) is 115 cm³/mol. The summed E-state index contributed by atoms with van der Waals surface area (Å²) >= 11 is 0. The molecule has 0 fully saturated rings. The summed E-state index contributed by atoms with van der Waals surface area (Å²) in [6.45, 7) is 7.36. The normalized spacial score (nSPS) is 11.9. The summed E-state index contributed by atoms with van der Waals surface area (Å²) in [7, 11) is 0. The molecule has 1 amide bonds. The molecular weight excluding hydrogens is 382 g/mol. The van der Waals surface area contributed by atoms with Crippen molar-refractivity contribution in [2.75, 3.05) is 5.32 Å². The fraction of sp³-hybridized carbons (Fsp3) is 0.304. The van der Waals surface area contributed by atoms with Crippen LogP contribution in [-0.4, -0.2) is 27.5 Å². The van der Waals surface area contributed by atoms with E-state index >= 15 is 0 Å². The van der Waals surface area contributed by atoms with Crippen molar-refractivity contribution in [1.29, 1.82) is 0 Å². The first-order valence-corrected chi connectivity index (χ1v) is 9.78. The number of amides is 1.